The number of hydrogen-bond acceptors (Lipinski definition) is 5. The Bertz CT molecular complexity index is 1270. The van der Waals surface area contributed by atoms with Crippen LogP contribution in [-0.2, 0) is 10.0 Å². The molecule has 1 heterocycles. The van der Waals surface area contributed by atoms with Gasteiger partial charge < -0.3 is 0 Å². The minimum absolute atomic E-state index is 0.123. The lowest BCUT2D eigenvalue weighted by atomic mass is 10.1. The zero-order chi connectivity index (χ0) is 19.5. The first kappa shape index (κ1) is 17.7. The Balaban J connectivity index is 1.99. The Morgan fingerprint density at radius 2 is 1.70 bits per heavy atom. The summed E-state index contributed by atoms with van der Waals surface area (Å²) in [6.45, 7) is 0. The Kier molecular flexibility index (Phi) is 3.88. The number of non-ortho nitro benzene ring substituents is 1. The largest absolute Gasteiger partial charge is 0.273 e. The third kappa shape index (κ3) is 2.48. The normalized spacial score (nSPS) is 13.4. The van der Waals surface area contributed by atoms with E-state index in [1.807, 2.05) is 0 Å². The fourth-order valence-electron chi connectivity index (χ4n) is 3.06. The van der Waals surface area contributed by atoms with Crippen LogP contribution in [0.3, 0.4) is 0 Å². The van der Waals surface area contributed by atoms with Gasteiger partial charge in [-0.3, -0.25) is 14.9 Å². The summed E-state index contributed by atoms with van der Waals surface area (Å²) in [5, 5.41) is 12.1. The van der Waals surface area contributed by atoms with E-state index in [2.05, 4.69) is 0 Å². The molecule has 4 rings (SSSR count). The summed E-state index contributed by atoms with van der Waals surface area (Å²) >= 11 is 12.2. The molecule has 10 heteroatoms. The van der Waals surface area contributed by atoms with E-state index in [9.17, 15) is 23.3 Å². The molecule has 0 aromatic heterocycles. The highest BCUT2D eigenvalue weighted by molar-refractivity contribution is 7.93. The maximum atomic E-state index is 13.2. The second-order valence-corrected chi connectivity index (χ2v) is 8.31. The number of halogens is 2. The molecular formula is C17H8Cl2N2O5S. The summed E-state index contributed by atoms with van der Waals surface area (Å²) in [6, 6.07) is 10.7. The molecule has 0 saturated carbocycles. The molecule has 0 aliphatic carbocycles. The summed E-state index contributed by atoms with van der Waals surface area (Å²) in [6.07, 6.45) is 0. The molecule has 0 fully saturated rings. The summed E-state index contributed by atoms with van der Waals surface area (Å²) in [5.41, 5.74) is -0.156. The van der Waals surface area contributed by atoms with Gasteiger partial charge in [0.15, 0.2) is 0 Å². The molecule has 3 aromatic rings. The lowest BCUT2D eigenvalue weighted by molar-refractivity contribution is -0.385. The van der Waals surface area contributed by atoms with Gasteiger partial charge in [-0.15, -0.1) is 0 Å². The van der Waals surface area contributed by atoms with E-state index in [1.54, 1.807) is 12.1 Å². The Hall–Kier alpha value is -2.68. The quantitative estimate of drug-likeness (QED) is 0.459. The third-order valence-electron chi connectivity index (χ3n) is 4.24. The van der Waals surface area contributed by atoms with Gasteiger partial charge >= 0.3 is 0 Å². The number of nitro benzene ring substituents is 1. The zero-order valence-corrected chi connectivity index (χ0v) is 15.5. The summed E-state index contributed by atoms with van der Waals surface area (Å²) in [7, 11) is -4.50. The highest BCUT2D eigenvalue weighted by atomic mass is 35.5. The fraction of sp³-hybridized carbons (Fsp3) is 0. The average molecular weight is 423 g/mol. The molecule has 1 amide bonds. The van der Waals surface area contributed by atoms with Crippen LogP contribution in [0.2, 0.25) is 10.0 Å². The van der Waals surface area contributed by atoms with Gasteiger partial charge in [0, 0.05) is 27.9 Å². The number of nitro groups is 1. The maximum absolute atomic E-state index is 13.2. The van der Waals surface area contributed by atoms with Crippen LogP contribution >= 0.6 is 23.2 Å². The van der Waals surface area contributed by atoms with Crippen LogP contribution in [0, 0.1) is 10.1 Å². The van der Waals surface area contributed by atoms with Crippen LogP contribution in [0.4, 0.5) is 11.4 Å². The van der Waals surface area contributed by atoms with Crippen molar-refractivity contribution in [1.29, 1.82) is 0 Å². The van der Waals surface area contributed by atoms with Crippen molar-refractivity contribution in [1.82, 2.24) is 0 Å². The Morgan fingerprint density at radius 1 is 1.00 bits per heavy atom. The number of rotatable bonds is 3. The molecule has 0 radical (unpaired) electrons. The molecule has 3 aromatic carbocycles. The van der Waals surface area contributed by atoms with Crippen molar-refractivity contribution in [3.8, 4) is 0 Å². The van der Waals surface area contributed by atoms with Gasteiger partial charge in [0.2, 0.25) is 0 Å². The number of carbonyl (C=O) groups excluding carboxylic acids is 1. The highest BCUT2D eigenvalue weighted by Crippen LogP contribution is 2.43. The van der Waals surface area contributed by atoms with E-state index in [4.69, 9.17) is 23.2 Å². The molecule has 7 nitrogen and oxygen atoms in total. The van der Waals surface area contributed by atoms with Crippen LogP contribution in [0.15, 0.2) is 53.4 Å². The molecule has 0 bridgehead atoms. The fourth-order valence-corrected chi connectivity index (χ4v) is 5.20. The molecular weight excluding hydrogens is 415 g/mol. The van der Waals surface area contributed by atoms with Crippen LogP contribution in [-0.4, -0.2) is 19.2 Å². The minimum Gasteiger partial charge on any atom is -0.268 e. The van der Waals surface area contributed by atoms with Crippen molar-refractivity contribution in [2.24, 2.45) is 0 Å². The molecule has 0 spiro atoms. The van der Waals surface area contributed by atoms with Gasteiger partial charge in [-0.25, -0.2) is 8.42 Å². The molecule has 0 unspecified atom stereocenters. The number of amides is 1. The van der Waals surface area contributed by atoms with E-state index in [-0.39, 0.29) is 16.3 Å². The first-order valence-corrected chi connectivity index (χ1v) is 9.68. The average Bonchev–Trinajstić information content (AvgIpc) is 2.92. The van der Waals surface area contributed by atoms with Crippen molar-refractivity contribution < 1.29 is 18.1 Å². The second-order valence-electron chi connectivity index (χ2n) is 5.74. The Labute approximate surface area is 162 Å². The smallest absolute Gasteiger partial charge is 0.268 e. The van der Waals surface area contributed by atoms with Gasteiger partial charge in [0.25, 0.3) is 21.6 Å². The standard InChI is InChI=1S/C17H8Cl2N2O5S/c18-12-6-7-14-16-10(12)2-1-3-11(16)17(22)20(14)27(25,26)15-8-9(21(23)24)4-5-13(15)19/h1-8H. The molecule has 0 N–H and O–H groups in total. The number of carbonyl (C=O) groups is 1. The van der Waals surface area contributed by atoms with Gasteiger partial charge in [0.05, 0.1) is 21.2 Å². The van der Waals surface area contributed by atoms with E-state index < -0.39 is 31.4 Å². The van der Waals surface area contributed by atoms with Crippen LogP contribution in [0.25, 0.3) is 10.8 Å². The highest BCUT2D eigenvalue weighted by Gasteiger charge is 2.40. The van der Waals surface area contributed by atoms with Gasteiger partial charge in [-0.05, 0) is 24.3 Å². The first-order valence-electron chi connectivity index (χ1n) is 7.48. The predicted molar refractivity (Wildman–Crippen MR) is 101 cm³/mol. The number of sulfonamides is 1. The zero-order valence-electron chi connectivity index (χ0n) is 13.2. The summed E-state index contributed by atoms with van der Waals surface area (Å²) < 4.78 is 27.0. The molecule has 27 heavy (non-hydrogen) atoms. The summed E-state index contributed by atoms with van der Waals surface area (Å²) in [4.78, 5) is 22.6. The van der Waals surface area contributed by atoms with E-state index in [1.165, 1.54) is 18.2 Å². The predicted octanol–water partition coefficient (Wildman–Crippen LogP) is 4.40. The number of benzene rings is 3. The number of hydrogen-bond donors (Lipinski definition) is 0. The first-order chi connectivity index (χ1) is 12.7. The molecule has 136 valence electrons. The Morgan fingerprint density at radius 3 is 2.41 bits per heavy atom. The van der Waals surface area contributed by atoms with E-state index in [0.29, 0.717) is 20.1 Å². The van der Waals surface area contributed by atoms with Crippen molar-refractivity contribution in [2.75, 3.05) is 4.31 Å². The lowest BCUT2D eigenvalue weighted by Gasteiger charge is -2.18. The van der Waals surface area contributed by atoms with Crippen LogP contribution in [0.1, 0.15) is 10.4 Å². The number of nitrogens with zero attached hydrogens (tertiary/aromatic N) is 2. The SMILES string of the molecule is O=C1c2cccc3c(Cl)ccc(c23)N1S(=O)(=O)c1cc([N+](=O)[O-])ccc1Cl. The van der Waals surface area contributed by atoms with Crippen molar-refractivity contribution in [3.05, 3.63) is 74.3 Å². The third-order valence-corrected chi connectivity index (χ3v) is 6.75. The molecule has 1 aliphatic heterocycles. The van der Waals surface area contributed by atoms with Crippen molar-refractivity contribution >= 4 is 61.3 Å². The van der Waals surface area contributed by atoms with Crippen LogP contribution < -0.4 is 4.31 Å². The molecule has 0 saturated heterocycles. The summed E-state index contributed by atoms with van der Waals surface area (Å²) in [5.74, 6) is -0.777. The van der Waals surface area contributed by atoms with Crippen LogP contribution in [0.5, 0.6) is 0 Å². The van der Waals surface area contributed by atoms with E-state index in [0.717, 1.165) is 18.2 Å². The number of anilines is 1. The van der Waals surface area contributed by atoms with Gasteiger partial charge in [-0.1, -0.05) is 35.3 Å². The lowest BCUT2D eigenvalue weighted by Crippen LogP contribution is -2.34. The van der Waals surface area contributed by atoms with Crippen molar-refractivity contribution in [3.63, 3.8) is 0 Å². The topological polar surface area (TPSA) is 97.6 Å². The molecule has 0 atom stereocenters. The monoisotopic (exact) mass is 422 g/mol. The van der Waals surface area contributed by atoms with Gasteiger partial charge in [-0.2, -0.15) is 4.31 Å². The second kappa shape index (κ2) is 5.91. The molecule has 1 aliphatic rings. The van der Waals surface area contributed by atoms with Gasteiger partial charge in [0.1, 0.15) is 4.90 Å². The minimum atomic E-state index is -4.50. The van der Waals surface area contributed by atoms with E-state index >= 15 is 0 Å². The van der Waals surface area contributed by atoms with Crippen molar-refractivity contribution in [2.45, 2.75) is 4.90 Å². The maximum Gasteiger partial charge on any atom is 0.273 e.